The quantitative estimate of drug-likeness (QED) is 0.804. The summed E-state index contributed by atoms with van der Waals surface area (Å²) >= 11 is 0. The molecule has 0 saturated carbocycles. The van der Waals surface area contributed by atoms with Crippen molar-refractivity contribution in [1.82, 2.24) is 4.98 Å². The van der Waals surface area contributed by atoms with E-state index in [1.54, 1.807) is 12.5 Å². The molecule has 3 nitrogen and oxygen atoms in total. The van der Waals surface area contributed by atoms with Gasteiger partial charge in [0.1, 0.15) is 11.6 Å². The molecule has 0 fully saturated rings. The number of aryl methyl sites for hydroxylation is 1. The van der Waals surface area contributed by atoms with E-state index in [0.29, 0.717) is 0 Å². The lowest BCUT2D eigenvalue weighted by molar-refractivity contribution is 0.530. The van der Waals surface area contributed by atoms with Crippen LogP contribution in [0.15, 0.2) is 41.1 Å². The highest BCUT2D eigenvalue weighted by molar-refractivity contribution is 5.34. The molecule has 1 N–H and O–H groups in total. The molecule has 0 spiro atoms. The predicted molar refractivity (Wildman–Crippen MR) is 55.0 cm³/mol. The first-order chi connectivity index (χ1) is 6.86. The maximum absolute atomic E-state index is 5.19. The summed E-state index contributed by atoms with van der Waals surface area (Å²) in [6.45, 7) is 2.70. The zero-order valence-electron chi connectivity index (χ0n) is 8.03. The molecular weight excluding hydrogens is 176 g/mol. The van der Waals surface area contributed by atoms with Gasteiger partial charge in [0.25, 0.3) is 0 Å². The largest absolute Gasteiger partial charge is 0.469 e. The van der Waals surface area contributed by atoms with Gasteiger partial charge < -0.3 is 9.73 Å². The summed E-state index contributed by atoms with van der Waals surface area (Å²) in [6, 6.07) is 7.76. The van der Waals surface area contributed by atoms with Crippen LogP contribution in [-0.2, 0) is 6.54 Å². The molecule has 0 atom stereocenters. The summed E-state index contributed by atoms with van der Waals surface area (Å²) in [5, 5.41) is 3.22. The second-order valence-electron chi connectivity index (χ2n) is 3.07. The Kier molecular flexibility index (Phi) is 2.49. The van der Waals surface area contributed by atoms with Gasteiger partial charge in [0, 0.05) is 18.3 Å². The zero-order chi connectivity index (χ0) is 9.80. The number of pyridine rings is 1. The number of anilines is 1. The lowest BCUT2D eigenvalue weighted by atomic mass is 10.2. The fourth-order valence-corrected chi connectivity index (χ4v) is 1.25. The first kappa shape index (κ1) is 8.81. The number of nitrogens with one attached hydrogen (secondary N) is 1. The van der Waals surface area contributed by atoms with Crippen molar-refractivity contribution in [2.24, 2.45) is 0 Å². The highest BCUT2D eigenvalue weighted by Crippen LogP contribution is 2.10. The lowest BCUT2D eigenvalue weighted by Gasteiger charge is -2.03. The van der Waals surface area contributed by atoms with E-state index in [2.05, 4.69) is 10.3 Å². The summed E-state index contributed by atoms with van der Waals surface area (Å²) < 4.78 is 5.19. The average Bonchev–Trinajstić information content (AvgIpc) is 2.63. The van der Waals surface area contributed by atoms with Crippen LogP contribution in [0.4, 0.5) is 5.82 Å². The van der Waals surface area contributed by atoms with Crippen molar-refractivity contribution in [3.63, 3.8) is 0 Å². The third-order valence-electron chi connectivity index (χ3n) is 2.09. The number of furan rings is 1. The van der Waals surface area contributed by atoms with Crippen LogP contribution in [0.3, 0.4) is 0 Å². The summed E-state index contributed by atoms with van der Waals surface area (Å²) in [5.74, 6) is 1.83. The van der Waals surface area contributed by atoms with Crippen LogP contribution in [0, 0.1) is 6.92 Å². The highest BCUT2D eigenvalue weighted by Gasteiger charge is 2.00. The molecule has 0 aliphatic carbocycles. The molecule has 0 unspecified atom stereocenters. The second kappa shape index (κ2) is 3.96. The number of rotatable bonds is 3. The van der Waals surface area contributed by atoms with Gasteiger partial charge in [0.2, 0.25) is 0 Å². The normalized spacial score (nSPS) is 10.1. The van der Waals surface area contributed by atoms with Crippen molar-refractivity contribution in [3.05, 3.63) is 48.0 Å². The van der Waals surface area contributed by atoms with Crippen molar-refractivity contribution in [2.45, 2.75) is 13.5 Å². The number of aromatic nitrogens is 1. The molecule has 2 aromatic rings. The van der Waals surface area contributed by atoms with E-state index < -0.39 is 0 Å². The van der Waals surface area contributed by atoms with Gasteiger partial charge in [-0.15, -0.1) is 0 Å². The molecular formula is C11H12N2O. The Morgan fingerprint density at radius 3 is 2.93 bits per heavy atom. The van der Waals surface area contributed by atoms with Crippen LogP contribution < -0.4 is 5.32 Å². The highest BCUT2D eigenvalue weighted by atomic mass is 16.3. The molecule has 0 aromatic carbocycles. The van der Waals surface area contributed by atoms with Crippen molar-refractivity contribution in [2.75, 3.05) is 5.32 Å². The Labute approximate surface area is 82.8 Å². The van der Waals surface area contributed by atoms with Gasteiger partial charge >= 0.3 is 0 Å². The lowest BCUT2D eigenvalue weighted by Crippen LogP contribution is -2.00. The Bertz CT molecular complexity index is 395. The van der Waals surface area contributed by atoms with Gasteiger partial charge in [0.15, 0.2) is 0 Å². The molecule has 0 aliphatic heterocycles. The molecule has 0 radical (unpaired) electrons. The Morgan fingerprint density at radius 1 is 1.36 bits per heavy atom. The minimum atomic E-state index is 0.749. The summed E-state index contributed by atoms with van der Waals surface area (Å²) in [6.07, 6.45) is 3.47. The molecule has 3 heteroatoms. The van der Waals surface area contributed by atoms with Crippen LogP contribution in [0.1, 0.15) is 11.3 Å². The van der Waals surface area contributed by atoms with E-state index in [-0.39, 0.29) is 0 Å². The molecule has 0 saturated heterocycles. The maximum Gasteiger partial charge on any atom is 0.126 e. The predicted octanol–water partition coefficient (Wildman–Crippen LogP) is 2.60. The van der Waals surface area contributed by atoms with Gasteiger partial charge in [-0.1, -0.05) is 6.07 Å². The Balaban J connectivity index is 1.99. The van der Waals surface area contributed by atoms with E-state index in [9.17, 15) is 0 Å². The number of hydrogen-bond donors (Lipinski definition) is 1. The SMILES string of the molecule is Cc1occc1CNc1ccccn1. The topological polar surface area (TPSA) is 38.1 Å². The molecule has 0 bridgehead atoms. The molecule has 72 valence electrons. The van der Waals surface area contributed by atoms with Gasteiger partial charge in [-0.2, -0.15) is 0 Å². The van der Waals surface area contributed by atoms with Crippen molar-refractivity contribution in [1.29, 1.82) is 0 Å². The van der Waals surface area contributed by atoms with E-state index >= 15 is 0 Å². The maximum atomic E-state index is 5.19. The molecule has 0 aliphatic rings. The van der Waals surface area contributed by atoms with Crippen molar-refractivity contribution < 1.29 is 4.42 Å². The Hall–Kier alpha value is -1.77. The standard InChI is InChI=1S/C11H12N2O/c1-9-10(5-7-14-9)8-13-11-4-2-3-6-12-11/h2-7H,8H2,1H3,(H,12,13). The first-order valence-electron chi connectivity index (χ1n) is 4.54. The summed E-state index contributed by atoms with van der Waals surface area (Å²) in [5.41, 5.74) is 1.16. The summed E-state index contributed by atoms with van der Waals surface area (Å²) in [4.78, 5) is 4.17. The average molecular weight is 188 g/mol. The first-order valence-corrected chi connectivity index (χ1v) is 4.54. The van der Waals surface area contributed by atoms with Gasteiger partial charge in [0.05, 0.1) is 6.26 Å². The van der Waals surface area contributed by atoms with Gasteiger partial charge in [-0.3, -0.25) is 0 Å². The second-order valence-corrected chi connectivity index (χ2v) is 3.07. The smallest absolute Gasteiger partial charge is 0.126 e. The molecule has 2 rings (SSSR count). The van der Waals surface area contributed by atoms with Crippen LogP contribution in [-0.4, -0.2) is 4.98 Å². The third kappa shape index (κ3) is 1.93. The monoisotopic (exact) mass is 188 g/mol. The number of hydrogen-bond acceptors (Lipinski definition) is 3. The fraction of sp³-hybridized carbons (Fsp3) is 0.182. The number of nitrogens with zero attached hydrogens (tertiary/aromatic N) is 1. The minimum Gasteiger partial charge on any atom is -0.469 e. The van der Waals surface area contributed by atoms with Crippen LogP contribution in [0.2, 0.25) is 0 Å². The third-order valence-corrected chi connectivity index (χ3v) is 2.09. The minimum absolute atomic E-state index is 0.749. The molecule has 2 heterocycles. The van der Waals surface area contributed by atoms with Gasteiger partial charge in [-0.25, -0.2) is 4.98 Å². The van der Waals surface area contributed by atoms with E-state index in [0.717, 1.165) is 23.7 Å². The van der Waals surface area contributed by atoms with Crippen LogP contribution in [0.5, 0.6) is 0 Å². The Morgan fingerprint density at radius 2 is 2.29 bits per heavy atom. The van der Waals surface area contributed by atoms with Crippen LogP contribution >= 0.6 is 0 Å². The van der Waals surface area contributed by atoms with E-state index in [4.69, 9.17) is 4.42 Å². The van der Waals surface area contributed by atoms with Crippen molar-refractivity contribution >= 4 is 5.82 Å². The molecule has 0 amide bonds. The van der Waals surface area contributed by atoms with Crippen molar-refractivity contribution in [3.8, 4) is 0 Å². The van der Waals surface area contributed by atoms with E-state index in [1.165, 1.54) is 0 Å². The summed E-state index contributed by atoms with van der Waals surface area (Å²) in [7, 11) is 0. The van der Waals surface area contributed by atoms with Crippen LogP contribution in [0.25, 0.3) is 0 Å². The molecule has 2 aromatic heterocycles. The van der Waals surface area contributed by atoms with E-state index in [1.807, 2.05) is 31.2 Å². The zero-order valence-corrected chi connectivity index (χ0v) is 8.03. The fourth-order valence-electron chi connectivity index (χ4n) is 1.25. The van der Waals surface area contributed by atoms with Gasteiger partial charge in [-0.05, 0) is 25.1 Å². The molecule has 14 heavy (non-hydrogen) atoms.